The van der Waals surface area contributed by atoms with Gasteiger partial charge in [-0.3, -0.25) is 9.36 Å². The molecule has 7 heteroatoms. The number of aliphatic hydroxyl groups is 1. The second kappa shape index (κ2) is 6.90. The maximum atomic E-state index is 12.9. The Morgan fingerprint density at radius 1 is 1.24 bits per heavy atom. The number of carbonyl (C=O) groups is 1. The van der Waals surface area contributed by atoms with E-state index in [1.54, 1.807) is 31.2 Å². The van der Waals surface area contributed by atoms with Gasteiger partial charge >= 0.3 is 5.76 Å². The Balaban J connectivity index is 1.70. The molecule has 0 bridgehead atoms. The molecule has 1 heterocycles. The molecule has 0 saturated heterocycles. The number of amides is 1. The summed E-state index contributed by atoms with van der Waals surface area (Å²) in [5, 5.41) is 12.9. The van der Waals surface area contributed by atoms with Crippen LogP contribution in [-0.4, -0.2) is 21.6 Å². The zero-order valence-electron chi connectivity index (χ0n) is 13.5. The Morgan fingerprint density at radius 2 is 1.92 bits per heavy atom. The van der Waals surface area contributed by atoms with Crippen LogP contribution in [0.4, 0.5) is 4.39 Å². The summed E-state index contributed by atoms with van der Waals surface area (Å²) in [4.78, 5) is 24.1. The number of oxazole rings is 1. The molecule has 2 unspecified atom stereocenters. The topological polar surface area (TPSA) is 84.5 Å². The van der Waals surface area contributed by atoms with Gasteiger partial charge in [0.25, 0.3) is 0 Å². The molecule has 2 atom stereocenters. The third-order valence-electron chi connectivity index (χ3n) is 3.95. The smallest absolute Gasteiger partial charge is 0.408 e. The lowest BCUT2D eigenvalue weighted by molar-refractivity contribution is -0.123. The molecular weight excluding hydrogens is 327 g/mol. The molecule has 130 valence electrons. The van der Waals surface area contributed by atoms with Gasteiger partial charge in [0.1, 0.15) is 12.4 Å². The van der Waals surface area contributed by atoms with E-state index in [1.165, 1.54) is 28.8 Å². The van der Waals surface area contributed by atoms with E-state index in [1.807, 2.05) is 0 Å². The normalized spacial score (nSPS) is 13.6. The first-order valence-electron chi connectivity index (χ1n) is 7.77. The average molecular weight is 344 g/mol. The van der Waals surface area contributed by atoms with E-state index >= 15 is 0 Å². The van der Waals surface area contributed by atoms with Crippen LogP contribution >= 0.6 is 0 Å². The maximum absolute atomic E-state index is 12.9. The second-order valence-corrected chi connectivity index (χ2v) is 5.77. The molecule has 6 nitrogen and oxygen atoms in total. The van der Waals surface area contributed by atoms with Crippen molar-refractivity contribution >= 4 is 17.0 Å². The number of carbonyl (C=O) groups excluding carboxylic acids is 1. The Kier molecular flexibility index (Phi) is 4.67. The third kappa shape index (κ3) is 3.61. The van der Waals surface area contributed by atoms with E-state index in [4.69, 9.17) is 4.42 Å². The summed E-state index contributed by atoms with van der Waals surface area (Å²) in [5.41, 5.74) is 1.41. The molecule has 2 aromatic carbocycles. The zero-order valence-corrected chi connectivity index (χ0v) is 13.5. The van der Waals surface area contributed by atoms with Crippen LogP contribution in [0.1, 0.15) is 18.6 Å². The number of nitrogens with one attached hydrogen (secondary N) is 1. The van der Waals surface area contributed by atoms with Crippen LogP contribution in [0.3, 0.4) is 0 Å². The number of benzene rings is 2. The van der Waals surface area contributed by atoms with Gasteiger partial charge in [-0.2, -0.15) is 0 Å². The lowest BCUT2D eigenvalue weighted by Gasteiger charge is -2.20. The van der Waals surface area contributed by atoms with Crippen molar-refractivity contribution in [2.45, 2.75) is 25.6 Å². The summed E-state index contributed by atoms with van der Waals surface area (Å²) < 4.78 is 19.2. The molecule has 0 saturated carbocycles. The highest BCUT2D eigenvalue weighted by molar-refractivity contribution is 5.79. The first kappa shape index (κ1) is 16.9. The van der Waals surface area contributed by atoms with Crippen molar-refractivity contribution in [3.63, 3.8) is 0 Å². The van der Waals surface area contributed by atoms with Crippen molar-refractivity contribution < 1.29 is 18.7 Å². The molecule has 25 heavy (non-hydrogen) atoms. The number of para-hydroxylation sites is 2. The molecule has 3 rings (SSSR count). The fraction of sp³-hybridized carbons (Fsp3) is 0.222. The van der Waals surface area contributed by atoms with Crippen molar-refractivity contribution in [2.75, 3.05) is 0 Å². The van der Waals surface area contributed by atoms with Gasteiger partial charge in [0, 0.05) is 0 Å². The maximum Gasteiger partial charge on any atom is 0.420 e. The van der Waals surface area contributed by atoms with Gasteiger partial charge < -0.3 is 14.8 Å². The van der Waals surface area contributed by atoms with Crippen molar-refractivity contribution in [3.8, 4) is 0 Å². The van der Waals surface area contributed by atoms with E-state index in [9.17, 15) is 19.1 Å². The van der Waals surface area contributed by atoms with Crippen LogP contribution in [0.5, 0.6) is 0 Å². The van der Waals surface area contributed by atoms with Crippen molar-refractivity contribution in [1.82, 2.24) is 9.88 Å². The zero-order chi connectivity index (χ0) is 18.0. The van der Waals surface area contributed by atoms with Gasteiger partial charge in [-0.15, -0.1) is 0 Å². The van der Waals surface area contributed by atoms with Crippen molar-refractivity contribution in [3.05, 3.63) is 70.5 Å². The highest BCUT2D eigenvalue weighted by Gasteiger charge is 2.20. The molecule has 2 N–H and O–H groups in total. The quantitative estimate of drug-likeness (QED) is 0.741. The highest BCUT2D eigenvalue weighted by Crippen LogP contribution is 2.17. The number of aliphatic hydroxyl groups excluding tert-OH is 1. The molecule has 1 amide bonds. The first-order valence-corrected chi connectivity index (χ1v) is 7.77. The Morgan fingerprint density at radius 3 is 2.64 bits per heavy atom. The molecule has 0 fully saturated rings. The van der Waals surface area contributed by atoms with Gasteiger partial charge in [0.2, 0.25) is 5.91 Å². The average Bonchev–Trinajstić information content (AvgIpc) is 2.90. The minimum Gasteiger partial charge on any atom is -0.408 e. The van der Waals surface area contributed by atoms with Crippen LogP contribution < -0.4 is 11.1 Å². The predicted molar refractivity (Wildman–Crippen MR) is 89.4 cm³/mol. The summed E-state index contributed by atoms with van der Waals surface area (Å²) in [6, 6.07) is 11.6. The van der Waals surface area contributed by atoms with E-state index in [-0.39, 0.29) is 6.54 Å². The van der Waals surface area contributed by atoms with Gasteiger partial charge in [-0.05, 0) is 36.8 Å². The van der Waals surface area contributed by atoms with Gasteiger partial charge in [-0.25, -0.2) is 9.18 Å². The first-order chi connectivity index (χ1) is 12.0. The van der Waals surface area contributed by atoms with Gasteiger partial charge in [0.15, 0.2) is 5.58 Å². The highest BCUT2D eigenvalue weighted by atomic mass is 19.1. The van der Waals surface area contributed by atoms with Crippen LogP contribution in [0.25, 0.3) is 11.1 Å². The minimum atomic E-state index is -0.998. The number of rotatable bonds is 5. The fourth-order valence-electron chi connectivity index (χ4n) is 2.63. The lowest BCUT2D eigenvalue weighted by Crippen LogP contribution is -2.40. The number of hydrogen-bond donors (Lipinski definition) is 2. The van der Waals surface area contributed by atoms with Gasteiger partial charge in [0.05, 0.1) is 17.7 Å². The molecule has 0 radical (unpaired) electrons. The lowest BCUT2D eigenvalue weighted by atomic mass is 10.0. The summed E-state index contributed by atoms with van der Waals surface area (Å²) in [7, 11) is 0. The van der Waals surface area contributed by atoms with Crippen LogP contribution in [0.2, 0.25) is 0 Å². The van der Waals surface area contributed by atoms with E-state index in [0.717, 1.165) is 0 Å². The summed E-state index contributed by atoms with van der Waals surface area (Å²) in [6.07, 6.45) is -0.998. The van der Waals surface area contributed by atoms with Crippen LogP contribution in [0, 0.1) is 5.82 Å². The van der Waals surface area contributed by atoms with Crippen molar-refractivity contribution in [1.29, 1.82) is 0 Å². The van der Waals surface area contributed by atoms with E-state index in [0.29, 0.717) is 16.7 Å². The van der Waals surface area contributed by atoms with E-state index < -0.39 is 29.6 Å². The SMILES string of the molecule is CC(NC(=O)Cn1c(=O)oc2ccccc21)C(O)c1ccc(F)cc1. The number of aromatic nitrogens is 1. The molecule has 0 spiro atoms. The Labute approximate surface area is 142 Å². The largest absolute Gasteiger partial charge is 0.420 e. The Bertz CT molecular complexity index is 946. The molecule has 0 aliphatic rings. The Hall–Kier alpha value is -2.93. The molecular formula is C18H17FN2O4. The number of fused-ring (bicyclic) bond motifs is 1. The monoisotopic (exact) mass is 344 g/mol. The van der Waals surface area contributed by atoms with E-state index in [2.05, 4.69) is 5.32 Å². The summed E-state index contributed by atoms with van der Waals surface area (Å²) in [5.74, 6) is -1.47. The summed E-state index contributed by atoms with van der Waals surface area (Å²) in [6.45, 7) is 1.40. The van der Waals surface area contributed by atoms with Crippen LogP contribution in [0.15, 0.2) is 57.7 Å². The standard InChI is InChI=1S/C18H17FN2O4/c1-11(17(23)12-6-8-13(19)9-7-12)20-16(22)10-21-14-4-2-3-5-15(14)25-18(21)24/h2-9,11,17,23H,10H2,1H3,(H,20,22). The molecule has 3 aromatic rings. The molecule has 0 aliphatic heterocycles. The fourth-order valence-corrected chi connectivity index (χ4v) is 2.63. The number of hydrogen-bond acceptors (Lipinski definition) is 4. The molecule has 0 aliphatic carbocycles. The summed E-state index contributed by atoms with van der Waals surface area (Å²) >= 11 is 0. The third-order valence-corrected chi connectivity index (χ3v) is 3.95. The van der Waals surface area contributed by atoms with Gasteiger partial charge in [-0.1, -0.05) is 24.3 Å². The predicted octanol–water partition coefficient (Wildman–Crippen LogP) is 1.97. The second-order valence-electron chi connectivity index (χ2n) is 5.77. The number of nitrogens with zero attached hydrogens (tertiary/aromatic N) is 1. The minimum absolute atomic E-state index is 0.226. The number of halogens is 1. The molecule has 1 aromatic heterocycles. The van der Waals surface area contributed by atoms with Crippen molar-refractivity contribution in [2.24, 2.45) is 0 Å². The van der Waals surface area contributed by atoms with Crippen LogP contribution in [-0.2, 0) is 11.3 Å².